The third-order valence-corrected chi connectivity index (χ3v) is 6.59. The van der Waals surface area contributed by atoms with Crippen LogP contribution in [0.3, 0.4) is 0 Å². The molecule has 3 aromatic rings. The van der Waals surface area contributed by atoms with Gasteiger partial charge in [0.2, 0.25) is 0 Å². The number of rotatable bonds is 1. The van der Waals surface area contributed by atoms with E-state index in [0.717, 1.165) is 39.3 Å². The quantitative estimate of drug-likeness (QED) is 0.440. The first-order valence-electron chi connectivity index (χ1n) is 11.3. The van der Waals surface area contributed by atoms with E-state index >= 15 is 0 Å². The first-order chi connectivity index (χ1) is 15.8. The highest BCUT2D eigenvalue weighted by atomic mass is 15.3. The highest BCUT2D eigenvalue weighted by Crippen LogP contribution is 2.61. The van der Waals surface area contributed by atoms with Gasteiger partial charge in [-0.05, 0) is 50.5 Å². The molecule has 0 bridgehead atoms. The van der Waals surface area contributed by atoms with Crippen molar-refractivity contribution in [2.24, 2.45) is 10.4 Å². The zero-order valence-electron chi connectivity index (χ0n) is 19.4. The second-order valence-corrected chi connectivity index (χ2v) is 9.95. The summed E-state index contributed by atoms with van der Waals surface area (Å²) in [6, 6.07) is 29.1. The van der Waals surface area contributed by atoms with Crippen molar-refractivity contribution in [3.8, 4) is 23.3 Å². The molecule has 162 valence electrons. The fourth-order valence-corrected chi connectivity index (χ4v) is 5.28. The number of para-hydroxylation sites is 1. The Hall–Kier alpha value is -3.89. The number of hydrogen-bond acceptors (Lipinski definition) is 3. The van der Waals surface area contributed by atoms with Gasteiger partial charge in [0.25, 0.3) is 0 Å². The van der Waals surface area contributed by atoms with Crippen LogP contribution in [-0.2, 0) is 0 Å². The lowest BCUT2D eigenvalue weighted by molar-refractivity contribution is 0.437. The number of hydrogen-bond donors (Lipinski definition) is 0. The molecule has 1 fully saturated rings. The van der Waals surface area contributed by atoms with E-state index in [4.69, 9.17) is 4.99 Å². The smallest absolute Gasteiger partial charge is 0.182 e. The van der Waals surface area contributed by atoms with Gasteiger partial charge in [-0.15, -0.1) is 0 Å². The van der Waals surface area contributed by atoms with Crippen LogP contribution < -0.4 is 4.90 Å². The van der Waals surface area contributed by atoms with E-state index in [2.05, 4.69) is 62.1 Å². The SMILES string of the molecule is Cc1ccc(C2C(=NC(C)(C)C)N3c4ccccc4-c4ccccc4C3C2(C#N)C#N)cc1. The molecule has 0 aliphatic carbocycles. The van der Waals surface area contributed by atoms with Crippen molar-refractivity contribution in [2.75, 3.05) is 4.90 Å². The average molecular weight is 431 g/mol. The van der Waals surface area contributed by atoms with Crippen LogP contribution in [0.5, 0.6) is 0 Å². The minimum absolute atomic E-state index is 0.379. The molecule has 4 nitrogen and oxygen atoms in total. The zero-order valence-corrected chi connectivity index (χ0v) is 19.4. The van der Waals surface area contributed by atoms with Gasteiger partial charge >= 0.3 is 0 Å². The summed E-state index contributed by atoms with van der Waals surface area (Å²) < 4.78 is 0. The van der Waals surface area contributed by atoms with Gasteiger partial charge in [-0.1, -0.05) is 72.3 Å². The molecule has 1 saturated heterocycles. The molecule has 2 atom stereocenters. The number of anilines is 1. The molecule has 5 rings (SSSR count). The molecule has 33 heavy (non-hydrogen) atoms. The molecule has 0 N–H and O–H groups in total. The van der Waals surface area contributed by atoms with E-state index in [1.165, 1.54) is 0 Å². The minimum atomic E-state index is -1.33. The molecule has 4 heteroatoms. The van der Waals surface area contributed by atoms with Crippen LogP contribution in [0.1, 0.15) is 49.4 Å². The largest absolute Gasteiger partial charge is 0.319 e. The summed E-state index contributed by atoms with van der Waals surface area (Å²) in [5.74, 6) is 0.304. The monoisotopic (exact) mass is 430 g/mol. The van der Waals surface area contributed by atoms with Gasteiger partial charge in [0.15, 0.2) is 5.41 Å². The first kappa shape index (κ1) is 21.0. The molecule has 2 aliphatic rings. The third kappa shape index (κ3) is 3.06. The van der Waals surface area contributed by atoms with Crippen molar-refractivity contribution in [1.82, 2.24) is 0 Å². The maximum atomic E-state index is 10.7. The van der Waals surface area contributed by atoms with Crippen LogP contribution in [0.4, 0.5) is 5.69 Å². The fourth-order valence-electron chi connectivity index (χ4n) is 5.28. The van der Waals surface area contributed by atoms with Crippen molar-refractivity contribution in [1.29, 1.82) is 10.5 Å². The van der Waals surface area contributed by atoms with Crippen molar-refractivity contribution in [2.45, 2.75) is 45.2 Å². The Morgan fingerprint density at radius 2 is 1.45 bits per heavy atom. The fraction of sp³-hybridized carbons (Fsp3) is 0.276. The maximum Gasteiger partial charge on any atom is 0.182 e. The Morgan fingerprint density at radius 1 is 0.848 bits per heavy atom. The summed E-state index contributed by atoms with van der Waals surface area (Å²) in [5.41, 5.74) is 4.53. The molecule has 2 unspecified atom stereocenters. The molecule has 0 amide bonds. The number of aryl methyl sites for hydroxylation is 1. The topological polar surface area (TPSA) is 63.2 Å². The Kier molecular flexibility index (Phi) is 4.66. The second-order valence-electron chi connectivity index (χ2n) is 9.95. The summed E-state index contributed by atoms with van der Waals surface area (Å²) in [5, 5.41) is 21.4. The molecule has 0 radical (unpaired) electrons. The predicted molar refractivity (Wildman–Crippen MR) is 132 cm³/mol. The molecule has 2 aliphatic heterocycles. The van der Waals surface area contributed by atoms with Crippen LogP contribution in [0.2, 0.25) is 0 Å². The van der Waals surface area contributed by atoms with Crippen molar-refractivity contribution >= 4 is 11.5 Å². The number of nitriles is 2. The van der Waals surface area contributed by atoms with Crippen molar-refractivity contribution in [3.63, 3.8) is 0 Å². The lowest BCUT2D eigenvalue weighted by atomic mass is 9.68. The first-order valence-corrected chi connectivity index (χ1v) is 11.3. The van der Waals surface area contributed by atoms with Gasteiger partial charge in [0, 0.05) is 5.56 Å². The molecular weight excluding hydrogens is 404 g/mol. The van der Waals surface area contributed by atoms with Gasteiger partial charge in [0.05, 0.1) is 35.3 Å². The standard InChI is InChI=1S/C29H26N4/c1-19-13-15-20(16-14-19)25-27(32-28(2,3)4)33-24-12-8-7-10-22(24)21-9-5-6-11-23(21)26(33)29(25,17-30)18-31/h5-16,25-26H,1-4H3. The van der Waals surface area contributed by atoms with Gasteiger partial charge < -0.3 is 4.90 Å². The average Bonchev–Trinajstić information content (AvgIpc) is 3.09. The van der Waals surface area contributed by atoms with Gasteiger partial charge in [-0.2, -0.15) is 10.5 Å². The van der Waals surface area contributed by atoms with E-state index in [-0.39, 0.29) is 5.54 Å². The Morgan fingerprint density at radius 3 is 2.09 bits per heavy atom. The normalized spacial score (nSPS) is 21.5. The Bertz CT molecular complexity index is 1330. The third-order valence-electron chi connectivity index (χ3n) is 6.59. The van der Waals surface area contributed by atoms with Crippen LogP contribution in [0, 0.1) is 35.0 Å². The summed E-state index contributed by atoms with van der Waals surface area (Å²) in [6.45, 7) is 8.22. The van der Waals surface area contributed by atoms with Gasteiger partial charge in [-0.25, -0.2) is 0 Å². The molecular formula is C29H26N4. The number of benzene rings is 3. The maximum absolute atomic E-state index is 10.7. The number of aliphatic imine (C=N–C) groups is 1. The summed E-state index contributed by atoms with van der Waals surface area (Å²) in [4.78, 5) is 7.34. The van der Waals surface area contributed by atoms with Gasteiger partial charge in [0.1, 0.15) is 5.84 Å². The lowest BCUT2D eigenvalue weighted by Gasteiger charge is -2.38. The molecule has 2 heterocycles. The van der Waals surface area contributed by atoms with E-state index in [9.17, 15) is 10.5 Å². The van der Waals surface area contributed by atoms with Crippen LogP contribution in [-0.4, -0.2) is 11.4 Å². The number of amidine groups is 1. The number of fused-ring (bicyclic) bond motifs is 6. The zero-order chi connectivity index (χ0) is 23.4. The Balaban J connectivity index is 1.90. The van der Waals surface area contributed by atoms with Crippen LogP contribution in [0.15, 0.2) is 77.8 Å². The van der Waals surface area contributed by atoms with Crippen LogP contribution in [0.25, 0.3) is 11.1 Å². The molecule has 0 aromatic heterocycles. The van der Waals surface area contributed by atoms with Crippen molar-refractivity contribution in [3.05, 3.63) is 89.5 Å². The van der Waals surface area contributed by atoms with E-state index in [1.54, 1.807) is 0 Å². The van der Waals surface area contributed by atoms with Crippen LogP contribution >= 0.6 is 0 Å². The summed E-state index contributed by atoms with van der Waals surface area (Å²) in [6.07, 6.45) is 0. The highest BCUT2D eigenvalue weighted by molar-refractivity contribution is 6.11. The van der Waals surface area contributed by atoms with Crippen molar-refractivity contribution < 1.29 is 0 Å². The minimum Gasteiger partial charge on any atom is -0.319 e. The number of nitrogens with zero attached hydrogens (tertiary/aromatic N) is 4. The van der Waals surface area contributed by atoms with E-state index in [1.807, 2.05) is 55.5 Å². The highest BCUT2D eigenvalue weighted by Gasteiger charge is 2.62. The summed E-state index contributed by atoms with van der Waals surface area (Å²) >= 11 is 0. The van der Waals surface area contributed by atoms with E-state index in [0.29, 0.717) is 0 Å². The van der Waals surface area contributed by atoms with Gasteiger partial charge in [-0.3, -0.25) is 4.99 Å². The second kappa shape index (κ2) is 7.32. The predicted octanol–water partition coefficient (Wildman–Crippen LogP) is 6.55. The molecule has 0 spiro atoms. The van der Waals surface area contributed by atoms with E-state index < -0.39 is 17.4 Å². The molecule has 3 aromatic carbocycles. The lowest BCUT2D eigenvalue weighted by Crippen LogP contribution is -2.36. The molecule has 0 saturated carbocycles. The summed E-state index contributed by atoms with van der Waals surface area (Å²) in [7, 11) is 0. The Labute approximate surface area is 195 Å².